The van der Waals surface area contributed by atoms with Gasteiger partial charge in [0.1, 0.15) is 16.7 Å². The summed E-state index contributed by atoms with van der Waals surface area (Å²) in [4.78, 5) is 55.4. The van der Waals surface area contributed by atoms with Gasteiger partial charge in [0.15, 0.2) is 15.6 Å². The number of hydrogen-bond donors (Lipinski definition) is 1. The number of carbonyl (C=O) groups excluding carboxylic acids is 4. The number of ether oxygens (including phenoxy) is 2. The van der Waals surface area contributed by atoms with Crippen LogP contribution in [0.3, 0.4) is 0 Å². The molecule has 2 atom stereocenters. The predicted molar refractivity (Wildman–Crippen MR) is 253 cm³/mol. The topological polar surface area (TPSA) is 136 Å². The molecule has 1 N–H and O–H groups in total. The van der Waals surface area contributed by atoms with Crippen LogP contribution in [0.25, 0.3) is 0 Å². The van der Waals surface area contributed by atoms with Crippen LogP contribution in [0.15, 0.2) is 132 Å². The van der Waals surface area contributed by atoms with Crippen LogP contribution in [-0.4, -0.2) is 48.7 Å². The van der Waals surface area contributed by atoms with Gasteiger partial charge in [0.05, 0.1) is 17.2 Å². The number of hydrogen-bond acceptors (Lipinski definition) is 8. The molecule has 0 bridgehead atoms. The molecule has 4 aromatic carbocycles. The van der Waals surface area contributed by atoms with Crippen molar-refractivity contribution in [1.82, 2.24) is 5.43 Å². The zero-order valence-electron chi connectivity index (χ0n) is 38.4. The second-order valence-electron chi connectivity index (χ2n) is 18.5. The fraction of sp³-hybridized carbons (Fsp3) is 0.385. The molecule has 1 aliphatic rings. The molecule has 0 spiro atoms. The van der Waals surface area contributed by atoms with Gasteiger partial charge in [-0.2, -0.15) is 0 Å². The summed E-state index contributed by atoms with van der Waals surface area (Å²) in [6.07, 6.45) is 6.99. The molecule has 4 aromatic rings. The largest absolute Gasteiger partial charge is 0.493 e. The van der Waals surface area contributed by atoms with Crippen molar-refractivity contribution in [1.29, 1.82) is 0 Å². The van der Waals surface area contributed by atoms with Crippen LogP contribution in [0, 0.1) is 5.41 Å². The Hall–Kier alpha value is -5.52. The number of nitrogens with one attached hydrogen (secondary N) is 1. The number of nitrogens with zero attached hydrogens (tertiary/aromatic N) is 1. The molecule has 0 aliphatic heterocycles. The first-order valence-electron chi connectivity index (χ1n) is 21.7. The van der Waals surface area contributed by atoms with Crippen LogP contribution in [0.4, 0.5) is 5.69 Å². The van der Waals surface area contributed by atoms with Crippen LogP contribution in [0.1, 0.15) is 105 Å². The minimum Gasteiger partial charge on any atom is -0.493 e. The first-order valence-corrected chi connectivity index (χ1v) is 23.7. The van der Waals surface area contributed by atoms with Gasteiger partial charge >= 0.3 is 11.0 Å². The van der Waals surface area contributed by atoms with Crippen LogP contribution in [-0.2, 0) is 46.3 Å². The average molecular weight is 910 g/mol. The molecule has 1 aliphatic carbocycles. The minimum absolute atomic E-state index is 0.00407. The third kappa shape index (κ3) is 11.6. The monoisotopic (exact) mass is 908 g/mol. The maximum absolute atomic E-state index is 14.7. The number of alkyl halides is 1. The first-order chi connectivity index (χ1) is 30.0. The van der Waals surface area contributed by atoms with E-state index in [2.05, 4.69) is 59.1 Å². The summed E-state index contributed by atoms with van der Waals surface area (Å²) in [5.74, 6) is -2.38. The quantitative estimate of drug-likeness (QED) is 0.0451. The number of anilines is 1. The molecule has 340 valence electrons. The molecule has 0 saturated carbocycles. The summed E-state index contributed by atoms with van der Waals surface area (Å²) in [5.41, 5.74) is 5.47. The lowest BCUT2D eigenvalue weighted by Gasteiger charge is -2.35. The van der Waals surface area contributed by atoms with Gasteiger partial charge in [-0.05, 0) is 102 Å². The van der Waals surface area contributed by atoms with Gasteiger partial charge in [-0.15, -0.1) is 0 Å². The van der Waals surface area contributed by atoms with E-state index in [1.807, 2.05) is 36.4 Å². The van der Waals surface area contributed by atoms with Gasteiger partial charge < -0.3 is 9.47 Å². The van der Waals surface area contributed by atoms with Crippen LogP contribution in [0.5, 0.6) is 11.5 Å². The number of carbonyl (C=O) groups is 4. The van der Waals surface area contributed by atoms with E-state index < -0.39 is 48.9 Å². The molecule has 10 nitrogen and oxygen atoms in total. The molecule has 0 fully saturated rings. The number of halogens is 1. The van der Waals surface area contributed by atoms with Crippen molar-refractivity contribution in [2.24, 2.45) is 5.41 Å². The van der Waals surface area contributed by atoms with Crippen molar-refractivity contribution < 1.29 is 37.1 Å². The van der Waals surface area contributed by atoms with Crippen molar-refractivity contribution >= 4 is 50.5 Å². The van der Waals surface area contributed by atoms with E-state index in [4.69, 9.17) is 21.1 Å². The second kappa shape index (κ2) is 20.1. The highest BCUT2D eigenvalue weighted by Crippen LogP contribution is 2.39. The van der Waals surface area contributed by atoms with E-state index in [-0.39, 0.29) is 40.2 Å². The van der Waals surface area contributed by atoms with E-state index in [1.165, 1.54) is 42.0 Å². The number of sulfone groups is 1. The lowest BCUT2D eigenvalue weighted by molar-refractivity contribution is -0.146. The van der Waals surface area contributed by atoms with Crippen molar-refractivity contribution in [3.63, 3.8) is 0 Å². The molecule has 64 heavy (non-hydrogen) atoms. The number of allylic oxidation sites excluding steroid dienone is 3. The number of hydrazine groups is 1. The van der Waals surface area contributed by atoms with E-state index >= 15 is 0 Å². The molecule has 0 saturated heterocycles. The number of ketones is 2. The summed E-state index contributed by atoms with van der Waals surface area (Å²) < 4.78 is 39.8. The van der Waals surface area contributed by atoms with Crippen molar-refractivity contribution in [2.75, 3.05) is 11.6 Å². The fourth-order valence-electron chi connectivity index (χ4n) is 7.04. The summed E-state index contributed by atoms with van der Waals surface area (Å²) in [7, 11) is -4.20. The maximum Gasteiger partial charge on any atom is 0.322 e. The lowest BCUT2D eigenvalue weighted by Crippen LogP contribution is -2.61. The number of para-hydroxylation sites is 1. The number of Topliss-reactive ketones (excluding diaryl/α,β-unsaturated/α-hetero) is 1. The Bertz CT molecular complexity index is 2490. The standard InChI is InChI=1S/C52H61ClN2O8S/c1-10-50(6,7)38-25-30-44(42(35-38)51(8,9)11-2)62-32-18-23-46(57)54-55(39-21-16-13-17-22-39)48(59)52(53,47(58)49(3,4)5)63-40-26-28-41(29-27-40)64(60,61)45-31-24-37(34-43(45)56)33-36-19-14-12-15-20-36/h12-17,19-22,24-31,34-35,45H,10-11,18,23,32-33H2,1-9H3,(H,54,57). The highest BCUT2D eigenvalue weighted by atomic mass is 35.5. The number of amides is 2. The highest BCUT2D eigenvalue weighted by Gasteiger charge is 2.54. The normalized spacial score (nSPS) is 15.4. The third-order valence-corrected chi connectivity index (χ3v) is 14.3. The Kier molecular flexibility index (Phi) is 15.6. The van der Waals surface area contributed by atoms with Crippen LogP contribution < -0.4 is 19.9 Å². The summed E-state index contributed by atoms with van der Waals surface area (Å²) >= 11 is 7.02. The maximum atomic E-state index is 14.7. The molecule has 0 aromatic heterocycles. The Morgan fingerprint density at radius 3 is 1.98 bits per heavy atom. The Balaban J connectivity index is 1.33. The van der Waals surface area contributed by atoms with Crippen molar-refractivity contribution in [3.8, 4) is 11.5 Å². The van der Waals surface area contributed by atoms with E-state index in [0.717, 1.165) is 34.7 Å². The second-order valence-corrected chi connectivity index (χ2v) is 21.1. The van der Waals surface area contributed by atoms with Gasteiger partial charge in [0.25, 0.3) is 0 Å². The van der Waals surface area contributed by atoms with E-state index in [0.29, 0.717) is 18.4 Å². The molecule has 0 radical (unpaired) electrons. The molecule has 5 rings (SSSR count). The van der Waals surface area contributed by atoms with Gasteiger partial charge in [-0.25, -0.2) is 13.4 Å². The van der Waals surface area contributed by atoms with Gasteiger partial charge in [-0.1, -0.05) is 147 Å². The SMILES string of the molecule is CCC(C)(C)c1ccc(OCCCC(=O)NN(C(=O)C(Cl)(Oc2ccc(S(=O)(=O)C3C=CC(Cc4ccccc4)=CC3=O)cc2)C(=O)C(C)(C)C)c2ccccc2)c(C(C)(C)CC)c1. The fourth-order valence-corrected chi connectivity index (χ4v) is 8.97. The predicted octanol–water partition coefficient (Wildman–Crippen LogP) is 10.4. The van der Waals surface area contributed by atoms with Crippen molar-refractivity contribution in [3.05, 3.63) is 144 Å². The Morgan fingerprint density at radius 1 is 0.797 bits per heavy atom. The minimum atomic E-state index is -4.20. The molecule has 0 heterocycles. The molecule has 12 heteroatoms. The van der Waals surface area contributed by atoms with E-state index in [1.54, 1.807) is 57.2 Å². The third-order valence-electron chi connectivity index (χ3n) is 11.9. The van der Waals surface area contributed by atoms with Crippen LogP contribution >= 0.6 is 11.6 Å². The first kappa shape index (κ1) is 49.5. The Morgan fingerprint density at radius 2 is 1.41 bits per heavy atom. The molecule has 2 amide bonds. The zero-order chi connectivity index (χ0) is 47.1. The zero-order valence-corrected chi connectivity index (χ0v) is 39.9. The average Bonchev–Trinajstić information content (AvgIpc) is 3.26. The van der Waals surface area contributed by atoms with Crippen LogP contribution in [0.2, 0.25) is 0 Å². The smallest absolute Gasteiger partial charge is 0.322 e. The molecular formula is C52H61ClN2O8S. The van der Waals surface area contributed by atoms with Gasteiger partial charge in [-0.3, -0.25) is 24.6 Å². The summed E-state index contributed by atoms with van der Waals surface area (Å²) in [6, 6.07) is 29.0. The summed E-state index contributed by atoms with van der Waals surface area (Å²) in [6.45, 7) is 18.1. The van der Waals surface area contributed by atoms with E-state index in [9.17, 15) is 27.6 Å². The lowest BCUT2D eigenvalue weighted by atomic mass is 9.76. The number of benzene rings is 4. The van der Waals surface area contributed by atoms with Crippen molar-refractivity contribution in [2.45, 2.75) is 120 Å². The highest BCUT2D eigenvalue weighted by molar-refractivity contribution is 7.93. The van der Waals surface area contributed by atoms with Gasteiger partial charge in [0, 0.05) is 17.4 Å². The molecule has 2 unspecified atom stereocenters. The Labute approximate surface area is 384 Å². The molecular weight excluding hydrogens is 848 g/mol. The van der Waals surface area contributed by atoms with Gasteiger partial charge in [0.2, 0.25) is 11.7 Å². The number of rotatable bonds is 18. The summed E-state index contributed by atoms with van der Waals surface area (Å²) in [5, 5.41) is -3.27.